The fraction of sp³-hybridized carbons (Fsp3) is 0.529. The summed E-state index contributed by atoms with van der Waals surface area (Å²) in [5.74, 6) is 0.709. The van der Waals surface area contributed by atoms with Crippen LogP contribution in [0.25, 0.3) is 0 Å². The molecular weight excluding hydrogens is 372 g/mol. The van der Waals surface area contributed by atoms with Gasteiger partial charge in [0, 0.05) is 43.3 Å². The first kappa shape index (κ1) is 18.7. The van der Waals surface area contributed by atoms with Crippen LogP contribution in [0.2, 0.25) is 0 Å². The lowest BCUT2D eigenvalue weighted by atomic mass is 10.2. The van der Waals surface area contributed by atoms with Crippen LogP contribution in [0.5, 0.6) is 0 Å². The summed E-state index contributed by atoms with van der Waals surface area (Å²) in [5.41, 5.74) is 0.659. The molecule has 1 heterocycles. The molecular formula is C17H25BrN4O2. The van der Waals surface area contributed by atoms with Crippen molar-refractivity contribution in [3.8, 4) is 0 Å². The van der Waals surface area contributed by atoms with E-state index in [1.54, 1.807) is 13.1 Å². The Morgan fingerprint density at radius 1 is 1.33 bits per heavy atom. The van der Waals surface area contributed by atoms with E-state index in [4.69, 9.17) is 4.74 Å². The predicted molar refractivity (Wildman–Crippen MR) is 99.4 cm³/mol. The summed E-state index contributed by atoms with van der Waals surface area (Å²) in [4.78, 5) is 16.2. The third kappa shape index (κ3) is 6.49. The Kier molecular flexibility index (Phi) is 8.04. The molecule has 0 spiro atoms. The molecule has 1 aliphatic heterocycles. The Bertz CT molecular complexity index is 559. The summed E-state index contributed by atoms with van der Waals surface area (Å²) in [7, 11) is 1.75. The number of halogens is 1. The Morgan fingerprint density at radius 3 is 2.88 bits per heavy atom. The monoisotopic (exact) mass is 396 g/mol. The fourth-order valence-electron chi connectivity index (χ4n) is 2.47. The van der Waals surface area contributed by atoms with Crippen molar-refractivity contribution in [3.05, 3.63) is 34.3 Å². The van der Waals surface area contributed by atoms with Crippen molar-refractivity contribution < 1.29 is 9.53 Å². The molecule has 0 bridgehead atoms. The van der Waals surface area contributed by atoms with Crippen LogP contribution in [0.1, 0.15) is 29.6 Å². The summed E-state index contributed by atoms with van der Waals surface area (Å²) in [6.07, 6.45) is 3.34. The third-order valence-electron chi connectivity index (χ3n) is 3.76. The largest absolute Gasteiger partial charge is 0.376 e. The average Bonchev–Trinajstić information content (AvgIpc) is 3.10. The topological polar surface area (TPSA) is 74.8 Å². The highest BCUT2D eigenvalue weighted by atomic mass is 79.9. The summed E-state index contributed by atoms with van der Waals surface area (Å²) in [6, 6.07) is 7.36. The van der Waals surface area contributed by atoms with E-state index < -0.39 is 0 Å². The average molecular weight is 397 g/mol. The first-order chi connectivity index (χ1) is 11.7. The molecule has 3 N–H and O–H groups in total. The molecule has 1 aromatic rings. The first-order valence-electron chi connectivity index (χ1n) is 8.29. The zero-order valence-electron chi connectivity index (χ0n) is 14.0. The molecule has 1 aromatic carbocycles. The van der Waals surface area contributed by atoms with E-state index in [1.807, 2.05) is 18.2 Å². The smallest absolute Gasteiger partial charge is 0.251 e. The summed E-state index contributed by atoms with van der Waals surface area (Å²) < 4.78 is 6.47. The molecule has 24 heavy (non-hydrogen) atoms. The van der Waals surface area contributed by atoms with E-state index in [2.05, 4.69) is 36.9 Å². The van der Waals surface area contributed by atoms with Crippen molar-refractivity contribution in [2.45, 2.75) is 25.4 Å². The number of rotatable bonds is 7. The van der Waals surface area contributed by atoms with E-state index >= 15 is 0 Å². The third-order valence-corrected chi connectivity index (χ3v) is 4.26. The van der Waals surface area contributed by atoms with E-state index in [9.17, 15) is 4.79 Å². The maximum Gasteiger partial charge on any atom is 0.251 e. The number of ether oxygens (including phenoxy) is 1. The number of nitrogens with zero attached hydrogens (tertiary/aromatic N) is 1. The van der Waals surface area contributed by atoms with Gasteiger partial charge in [-0.3, -0.25) is 9.79 Å². The predicted octanol–water partition coefficient (Wildman–Crippen LogP) is 1.91. The van der Waals surface area contributed by atoms with Gasteiger partial charge < -0.3 is 20.7 Å². The second-order valence-corrected chi connectivity index (χ2v) is 6.55. The summed E-state index contributed by atoms with van der Waals surface area (Å²) in [5, 5.41) is 9.42. The fourth-order valence-corrected chi connectivity index (χ4v) is 2.86. The molecule has 1 atom stereocenters. The minimum atomic E-state index is -0.0582. The molecule has 1 saturated heterocycles. The zero-order valence-corrected chi connectivity index (χ0v) is 15.6. The van der Waals surface area contributed by atoms with Gasteiger partial charge in [0.25, 0.3) is 5.91 Å². The van der Waals surface area contributed by atoms with Crippen LogP contribution in [0, 0.1) is 0 Å². The Balaban J connectivity index is 1.58. The molecule has 0 aromatic heterocycles. The van der Waals surface area contributed by atoms with Crippen molar-refractivity contribution >= 4 is 27.8 Å². The van der Waals surface area contributed by atoms with E-state index in [0.29, 0.717) is 12.1 Å². The maximum atomic E-state index is 12.0. The molecule has 7 heteroatoms. The normalized spacial score (nSPS) is 17.6. The van der Waals surface area contributed by atoms with Gasteiger partial charge >= 0.3 is 0 Å². The minimum absolute atomic E-state index is 0.0582. The van der Waals surface area contributed by atoms with Crippen LogP contribution >= 0.6 is 15.9 Å². The SMILES string of the molecule is CN=C(NCCCNC(=O)c1cccc(Br)c1)NCC1CCCO1. The molecule has 0 saturated carbocycles. The maximum absolute atomic E-state index is 12.0. The van der Waals surface area contributed by atoms with Gasteiger partial charge in [0.2, 0.25) is 0 Å². The quantitative estimate of drug-likeness (QED) is 0.373. The zero-order chi connectivity index (χ0) is 17.2. The Hall–Kier alpha value is -1.60. The molecule has 1 amide bonds. The van der Waals surface area contributed by atoms with Gasteiger partial charge in [0.1, 0.15) is 0 Å². The Morgan fingerprint density at radius 2 is 2.17 bits per heavy atom. The summed E-state index contributed by atoms with van der Waals surface area (Å²) in [6.45, 7) is 2.99. The van der Waals surface area contributed by atoms with Crippen molar-refractivity contribution in [2.75, 3.05) is 33.3 Å². The molecule has 1 unspecified atom stereocenters. The molecule has 1 fully saturated rings. The van der Waals surface area contributed by atoms with Gasteiger partial charge in [-0.1, -0.05) is 22.0 Å². The lowest BCUT2D eigenvalue weighted by Crippen LogP contribution is -2.42. The molecule has 6 nitrogen and oxygen atoms in total. The van der Waals surface area contributed by atoms with Crippen LogP contribution in [0.3, 0.4) is 0 Å². The van der Waals surface area contributed by atoms with Crippen molar-refractivity contribution in [1.29, 1.82) is 0 Å². The number of benzene rings is 1. The van der Waals surface area contributed by atoms with E-state index in [0.717, 1.165) is 49.4 Å². The van der Waals surface area contributed by atoms with Crippen LogP contribution in [0.15, 0.2) is 33.7 Å². The van der Waals surface area contributed by atoms with Crippen molar-refractivity contribution in [2.24, 2.45) is 4.99 Å². The molecule has 132 valence electrons. The standard InChI is InChI=1S/C17H25BrN4O2/c1-19-17(22-12-15-7-3-10-24-15)21-9-4-8-20-16(23)13-5-2-6-14(18)11-13/h2,5-6,11,15H,3-4,7-10,12H2,1H3,(H,20,23)(H2,19,21,22). The number of guanidine groups is 1. The second-order valence-electron chi connectivity index (χ2n) is 5.63. The number of aliphatic imine (C=N–C) groups is 1. The van der Waals surface area contributed by atoms with Crippen LogP contribution in [0.4, 0.5) is 0 Å². The van der Waals surface area contributed by atoms with Gasteiger partial charge in [-0.25, -0.2) is 0 Å². The lowest BCUT2D eigenvalue weighted by molar-refractivity contribution is 0.0953. The summed E-state index contributed by atoms with van der Waals surface area (Å²) >= 11 is 3.37. The molecule has 0 radical (unpaired) electrons. The van der Waals surface area contributed by atoms with E-state index in [1.165, 1.54) is 0 Å². The number of carbonyl (C=O) groups is 1. The number of hydrogen-bond donors (Lipinski definition) is 3. The van der Waals surface area contributed by atoms with Gasteiger partial charge in [-0.2, -0.15) is 0 Å². The van der Waals surface area contributed by atoms with Crippen LogP contribution in [-0.4, -0.2) is 51.3 Å². The van der Waals surface area contributed by atoms with E-state index in [-0.39, 0.29) is 12.0 Å². The molecule has 2 rings (SSSR count). The number of hydrogen-bond acceptors (Lipinski definition) is 3. The number of carbonyl (C=O) groups excluding carboxylic acids is 1. The lowest BCUT2D eigenvalue weighted by Gasteiger charge is -2.15. The highest BCUT2D eigenvalue weighted by Crippen LogP contribution is 2.11. The Labute approximate surface area is 151 Å². The van der Waals surface area contributed by atoms with Gasteiger partial charge in [0.05, 0.1) is 6.10 Å². The van der Waals surface area contributed by atoms with Gasteiger partial charge in [0.15, 0.2) is 5.96 Å². The van der Waals surface area contributed by atoms with Crippen LogP contribution < -0.4 is 16.0 Å². The number of amides is 1. The minimum Gasteiger partial charge on any atom is -0.376 e. The van der Waals surface area contributed by atoms with Gasteiger partial charge in [-0.05, 0) is 37.5 Å². The second kappa shape index (κ2) is 10.3. The molecule has 1 aliphatic rings. The first-order valence-corrected chi connectivity index (χ1v) is 9.08. The number of nitrogens with one attached hydrogen (secondary N) is 3. The highest BCUT2D eigenvalue weighted by molar-refractivity contribution is 9.10. The van der Waals surface area contributed by atoms with Crippen LogP contribution in [-0.2, 0) is 4.74 Å². The molecule has 0 aliphatic carbocycles. The van der Waals surface area contributed by atoms with Crippen molar-refractivity contribution in [1.82, 2.24) is 16.0 Å². The van der Waals surface area contributed by atoms with Crippen molar-refractivity contribution in [3.63, 3.8) is 0 Å². The highest BCUT2D eigenvalue weighted by Gasteiger charge is 2.15. The van der Waals surface area contributed by atoms with Gasteiger partial charge in [-0.15, -0.1) is 0 Å².